The maximum atomic E-state index is 13.3. The van der Waals surface area contributed by atoms with Crippen molar-refractivity contribution < 1.29 is 23.9 Å². The van der Waals surface area contributed by atoms with E-state index in [-0.39, 0.29) is 12.2 Å². The number of amides is 4. The van der Waals surface area contributed by atoms with Crippen LogP contribution in [0.5, 0.6) is 11.5 Å². The van der Waals surface area contributed by atoms with Gasteiger partial charge in [0.1, 0.15) is 12.2 Å². The van der Waals surface area contributed by atoms with Gasteiger partial charge in [-0.2, -0.15) is 0 Å². The molecule has 1 fully saturated rings. The molecule has 0 aliphatic carbocycles. The molecule has 0 atom stereocenters. The first-order valence-electron chi connectivity index (χ1n) is 10.9. The fraction of sp³-hybridized carbons (Fsp3) is 0.148. The largest absolute Gasteiger partial charge is 0.493 e. The van der Waals surface area contributed by atoms with Gasteiger partial charge in [0.25, 0.3) is 11.8 Å². The number of nitrogens with zero attached hydrogens (tertiary/aromatic N) is 1. The van der Waals surface area contributed by atoms with E-state index in [0.717, 1.165) is 21.6 Å². The highest BCUT2D eigenvalue weighted by Crippen LogP contribution is 2.36. The minimum atomic E-state index is -0.786. The zero-order valence-corrected chi connectivity index (χ0v) is 22.6. The Hall–Kier alpha value is -3.37. The first kappa shape index (κ1) is 25.7. The van der Waals surface area contributed by atoms with Crippen LogP contribution in [0, 0.1) is 17.4 Å². The molecule has 3 aromatic rings. The van der Waals surface area contributed by atoms with E-state index in [1.807, 2.05) is 38.1 Å². The van der Waals surface area contributed by atoms with Crippen LogP contribution in [0.1, 0.15) is 22.3 Å². The van der Waals surface area contributed by atoms with Gasteiger partial charge >= 0.3 is 6.03 Å². The third-order valence-electron chi connectivity index (χ3n) is 5.81. The second-order valence-corrected chi connectivity index (χ2v) is 9.66. The maximum Gasteiger partial charge on any atom is 0.335 e. The second kappa shape index (κ2) is 10.7. The molecule has 4 rings (SSSR count). The van der Waals surface area contributed by atoms with Crippen LogP contribution in [-0.2, 0) is 16.2 Å². The number of ether oxygens (including phenoxy) is 2. The highest BCUT2D eigenvalue weighted by molar-refractivity contribution is 14.1. The first-order valence-corrected chi connectivity index (χ1v) is 12.4. The Balaban J connectivity index is 1.67. The molecule has 0 spiro atoms. The van der Waals surface area contributed by atoms with E-state index in [1.165, 1.54) is 13.2 Å². The number of barbiturate groups is 1. The van der Waals surface area contributed by atoms with Crippen LogP contribution < -0.4 is 19.7 Å². The van der Waals surface area contributed by atoms with Gasteiger partial charge in [-0.1, -0.05) is 41.9 Å². The lowest BCUT2D eigenvalue weighted by molar-refractivity contribution is -0.122. The summed E-state index contributed by atoms with van der Waals surface area (Å²) < 4.78 is 12.2. The van der Waals surface area contributed by atoms with Gasteiger partial charge in [0.2, 0.25) is 0 Å². The topological polar surface area (TPSA) is 84.9 Å². The molecular formula is C27H22ClIN2O5. The van der Waals surface area contributed by atoms with Crippen molar-refractivity contribution in [1.82, 2.24) is 5.32 Å². The molecule has 9 heteroatoms. The SMILES string of the molecule is COc1cc(/C=C2\C(=O)NC(=O)N(c3cccc(C)c3C)C2=O)cc(I)c1OCc1ccccc1Cl. The van der Waals surface area contributed by atoms with Gasteiger partial charge in [-0.25, -0.2) is 9.69 Å². The van der Waals surface area contributed by atoms with Crippen LogP contribution in [0.3, 0.4) is 0 Å². The van der Waals surface area contributed by atoms with Crippen molar-refractivity contribution in [2.45, 2.75) is 20.5 Å². The average Bonchev–Trinajstić information content (AvgIpc) is 2.84. The van der Waals surface area contributed by atoms with Crippen LogP contribution in [0.15, 0.2) is 60.2 Å². The highest BCUT2D eigenvalue weighted by Gasteiger charge is 2.37. The summed E-state index contributed by atoms with van der Waals surface area (Å²) in [6.45, 7) is 3.94. The van der Waals surface area contributed by atoms with E-state index >= 15 is 0 Å². The van der Waals surface area contributed by atoms with Gasteiger partial charge in [-0.3, -0.25) is 14.9 Å². The molecule has 1 heterocycles. The lowest BCUT2D eigenvalue weighted by Crippen LogP contribution is -2.54. The highest BCUT2D eigenvalue weighted by atomic mass is 127. The average molecular weight is 617 g/mol. The Morgan fingerprint density at radius 3 is 2.53 bits per heavy atom. The van der Waals surface area contributed by atoms with Gasteiger partial charge in [0.15, 0.2) is 11.5 Å². The molecule has 0 bridgehead atoms. The minimum absolute atomic E-state index is 0.168. The molecule has 0 aromatic heterocycles. The number of benzene rings is 3. The number of halogens is 2. The van der Waals surface area contributed by atoms with Gasteiger partial charge in [0.05, 0.1) is 16.4 Å². The molecular weight excluding hydrogens is 595 g/mol. The van der Waals surface area contributed by atoms with E-state index in [4.69, 9.17) is 21.1 Å². The fourth-order valence-electron chi connectivity index (χ4n) is 3.75. The minimum Gasteiger partial charge on any atom is -0.493 e. The Bertz CT molecular complexity index is 1420. The summed E-state index contributed by atoms with van der Waals surface area (Å²) in [7, 11) is 1.50. The molecule has 7 nitrogen and oxygen atoms in total. The Kier molecular flexibility index (Phi) is 7.65. The van der Waals surface area contributed by atoms with E-state index < -0.39 is 17.8 Å². The second-order valence-electron chi connectivity index (χ2n) is 8.09. The van der Waals surface area contributed by atoms with Crippen LogP contribution in [0.2, 0.25) is 5.02 Å². The van der Waals surface area contributed by atoms with Gasteiger partial charge < -0.3 is 9.47 Å². The number of nitrogens with one attached hydrogen (secondary N) is 1. The number of hydrogen-bond acceptors (Lipinski definition) is 5. The van der Waals surface area contributed by atoms with E-state index in [2.05, 4.69) is 27.9 Å². The number of imide groups is 2. The quantitative estimate of drug-likeness (QED) is 0.215. The molecule has 1 N–H and O–H groups in total. The summed E-state index contributed by atoms with van der Waals surface area (Å²) in [6.07, 6.45) is 1.44. The monoisotopic (exact) mass is 616 g/mol. The van der Waals surface area contributed by atoms with E-state index in [0.29, 0.717) is 31.3 Å². The Morgan fingerprint density at radius 2 is 1.81 bits per heavy atom. The number of aryl methyl sites for hydroxylation is 1. The molecule has 4 amide bonds. The number of anilines is 1. The van der Waals surface area contributed by atoms with Gasteiger partial charge in [0, 0.05) is 10.6 Å². The summed E-state index contributed by atoms with van der Waals surface area (Å²) in [5, 5.41) is 2.86. The molecule has 36 heavy (non-hydrogen) atoms. The number of methoxy groups -OCH3 is 1. The van der Waals surface area contributed by atoms with Crippen LogP contribution in [-0.4, -0.2) is 25.0 Å². The standard InChI is InChI=1S/C27H22ClIN2O5/c1-15-7-6-10-22(16(15)2)31-26(33)19(25(32)30-27(31)34)11-17-12-21(29)24(23(13-17)35-3)36-14-18-8-4-5-9-20(18)28/h4-13H,14H2,1-3H3,(H,30,32,34)/b19-11+. The summed E-state index contributed by atoms with van der Waals surface area (Å²) in [6, 6.07) is 15.3. The number of rotatable bonds is 6. The van der Waals surface area contributed by atoms with Crippen molar-refractivity contribution in [3.8, 4) is 11.5 Å². The van der Waals surface area contributed by atoms with E-state index in [1.54, 1.807) is 30.3 Å². The molecule has 1 aliphatic heterocycles. The summed E-state index contributed by atoms with van der Waals surface area (Å²) >= 11 is 8.33. The lowest BCUT2D eigenvalue weighted by Gasteiger charge is -2.28. The molecule has 184 valence electrons. The normalized spacial score (nSPS) is 14.8. The smallest absolute Gasteiger partial charge is 0.335 e. The molecule has 0 unspecified atom stereocenters. The third kappa shape index (κ3) is 5.10. The summed E-state index contributed by atoms with van der Waals surface area (Å²) in [5.41, 5.74) is 3.30. The van der Waals surface area contributed by atoms with Crippen molar-refractivity contribution in [2.24, 2.45) is 0 Å². The predicted molar refractivity (Wildman–Crippen MR) is 146 cm³/mol. The predicted octanol–water partition coefficient (Wildman–Crippen LogP) is 5.82. The van der Waals surface area contributed by atoms with Gasteiger partial charge in [-0.05, 0) is 83.5 Å². The molecule has 1 saturated heterocycles. The zero-order chi connectivity index (χ0) is 26.0. The molecule has 3 aromatic carbocycles. The van der Waals surface area contributed by atoms with Crippen molar-refractivity contribution >= 4 is 63.8 Å². The van der Waals surface area contributed by atoms with Crippen LogP contribution >= 0.6 is 34.2 Å². The van der Waals surface area contributed by atoms with E-state index in [9.17, 15) is 14.4 Å². The Morgan fingerprint density at radius 1 is 1.06 bits per heavy atom. The molecule has 0 saturated carbocycles. The van der Waals surface area contributed by atoms with Crippen LogP contribution in [0.25, 0.3) is 6.08 Å². The number of urea groups is 1. The summed E-state index contributed by atoms with van der Waals surface area (Å²) in [4.78, 5) is 39.5. The van der Waals surface area contributed by atoms with Gasteiger partial charge in [-0.15, -0.1) is 0 Å². The maximum absolute atomic E-state index is 13.3. The molecule has 1 aliphatic rings. The number of carbonyl (C=O) groups excluding carboxylic acids is 3. The van der Waals surface area contributed by atoms with Crippen molar-refractivity contribution in [3.63, 3.8) is 0 Å². The number of hydrogen-bond donors (Lipinski definition) is 1. The molecule has 0 radical (unpaired) electrons. The van der Waals surface area contributed by atoms with Crippen molar-refractivity contribution in [1.29, 1.82) is 0 Å². The summed E-state index contributed by atoms with van der Waals surface area (Å²) in [5.74, 6) is -0.538. The first-order chi connectivity index (χ1) is 17.2. The van der Waals surface area contributed by atoms with Crippen molar-refractivity contribution in [3.05, 3.63) is 91.0 Å². The zero-order valence-electron chi connectivity index (χ0n) is 19.7. The third-order valence-corrected chi connectivity index (χ3v) is 6.98. The fourth-order valence-corrected chi connectivity index (χ4v) is 4.72. The lowest BCUT2D eigenvalue weighted by atomic mass is 10.0. The van der Waals surface area contributed by atoms with Crippen molar-refractivity contribution in [2.75, 3.05) is 12.0 Å². The number of carbonyl (C=O) groups is 3. The van der Waals surface area contributed by atoms with Crippen LogP contribution in [0.4, 0.5) is 10.5 Å². The Labute approximate surface area is 227 Å².